The molecule has 1 aliphatic heterocycles. The Kier molecular flexibility index (Phi) is 2.53. The van der Waals surface area contributed by atoms with Gasteiger partial charge in [0.1, 0.15) is 0 Å². The Morgan fingerprint density at radius 2 is 1.87 bits per heavy atom. The van der Waals surface area contributed by atoms with Crippen LogP contribution in [0.4, 0.5) is 0 Å². The van der Waals surface area contributed by atoms with Crippen LogP contribution in [-0.2, 0) is 0 Å². The van der Waals surface area contributed by atoms with Gasteiger partial charge in [-0.3, -0.25) is 4.99 Å². The van der Waals surface area contributed by atoms with Crippen LogP contribution in [0, 0.1) is 0 Å². The van der Waals surface area contributed by atoms with Crippen molar-refractivity contribution in [2.75, 3.05) is 0 Å². The molecule has 78 valence electrons. The number of hydrogen-bond donors (Lipinski definition) is 0. The topological polar surface area (TPSA) is 12.4 Å². The zero-order valence-electron chi connectivity index (χ0n) is 8.73. The molecule has 0 aromatic heterocycles. The van der Waals surface area contributed by atoms with Crippen molar-refractivity contribution in [2.45, 2.75) is 37.0 Å². The van der Waals surface area contributed by atoms with Crippen LogP contribution < -0.4 is 0 Å². The highest BCUT2D eigenvalue weighted by Gasteiger charge is 2.32. The molecule has 2 atom stereocenters. The minimum Gasteiger partial charge on any atom is -0.273 e. The van der Waals surface area contributed by atoms with Gasteiger partial charge in [0.2, 0.25) is 0 Å². The van der Waals surface area contributed by atoms with Crippen LogP contribution in [0.15, 0.2) is 35.3 Å². The maximum atomic E-state index is 4.86. The lowest BCUT2D eigenvalue weighted by Gasteiger charge is -2.21. The van der Waals surface area contributed by atoms with Gasteiger partial charge in [-0.1, -0.05) is 43.2 Å². The van der Waals surface area contributed by atoms with E-state index in [-0.39, 0.29) is 0 Å². The molecule has 0 unspecified atom stereocenters. The number of hydrogen-bond acceptors (Lipinski definition) is 2. The zero-order valence-corrected chi connectivity index (χ0v) is 9.54. The molecule has 1 aromatic rings. The van der Waals surface area contributed by atoms with Gasteiger partial charge in [0.15, 0.2) is 0 Å². The molecule has 1 fully saturated rings. The van der Waals surface area contributed by atoms with Crippen molar-refractivity contribution in [1.82, 2.24) is 0 Å². The fourth-order valence-electron chi connectivity index (χ4n) is 2.41. The monoisotopic (exact) mass is 217 g/mol. The minimum atomic E-state index is 0.610. The van der Waals surface area contributed by atoms with Crippen LogP contribution in [-0.4, -0.2) is 16.3 Å². The smallest absolute Gasteiger partial charge is 0.0984 e. The third-order valence-corrected chi connectivity index (χ3v) is 4.65. The number of thioether (sulfide) groups is 1. The van der Waals surface area contributed by atoms with Gasteiger partial charge in [0, 0.05) is 10.8 Å². The summed E-state index contributed by atoms with van der Waals surface area (Å²) >= 11 is 2.00. The molecule has 1 nitrogen and oxygen atoms in total. The fourth-order valence-corrected chi connectivity index (χ4v) is 3.80. The molecular formula is C13H15NS. The van der Waals surface area contributed by atoms with Gasteiger partial charge in [0.05, 0.1) is 11.1 Å². The molecule has 2 aliphatic rings. The summed E-state index contributed by atoms with van der Waals surface area (Å²) in [7, 11) is 0. The van der Waals surface area contributed by atoms with Gasteiger partial charge in [-0.15, -0.1) is 11.8 Å². The summed E-state index contributed by atoms with van der Waals surface area (Å²) in [4.78, 5) is 4.86. The number of nitrogens with zero attached hydrogens (tertiary/aromatic N) is 1. The molecular weight excluding hydrogens is 202 g/mol. The van der Waals surface area contributed by atoms with E-state index in [0.717, 1.165) is 5.25 Å². The predicted octanol–water partition coefficient (Wildman–Crippen LogP) is 3.49. The predicted molar refractivity (Wildman–Crippen MR) is 66.6 cm³/mol. The van der Waals surface area contributed by atoms with Crippen molar-refractivity contribution in [2.24, 2.45) is 4.99 Å². The third kappa shape index (κ3) is 1.83. The van der Waals surface area contributed by atoms with Crippen molar-refractivity contribution in [3.63, 3.8) is 0 Å². The van der Waals surface area contributed by atoms with E-state index in [0.29, 0.717) is 6.04 Å². The molecule has 15 heavy (non-hydrogen) atoms. The van der Waals surface area contributed by atoms with E-state index in [1.165, 1.54) is 36.3 Å². The summed E-state index contributed by atoms with van der Waals surface area (Å²) in [5.41, 5.74) is 1.30. The Morgan fingerprint density at radius 1 is 1.07 bits per heavy atom. The Balaban J connectivity index is 1.84. The van der Waals surface area contributed by atoms with Gasteiger partial charge in [-0.25, -0.2) is 0 Å². The molecule has 0 saturated heterocycles. The highest BCUT2D eigenvalue weighted by atomic mass is 32.2. The normalized spacial score (nSPS) is 29.7. The third-order valence-electron chi connectivity index (χ3n) is 3.23. The number of benzene rings is 1. The van der Waals surface area contributed by atoms with Crippen LogP contribution in [0.5, 0.6) is 0 Å². The van der Waals surface area contributed by atoms with Gasteiger partial charge >= 0.3 is 0 Å². The Bertz CT molecular complexity index is 371. The lowest BCUT2D eigenvalue weighted by molar-refractivity contribution is 0.462. The Morgan fingerprint density at radius 3 is 2.67 bits per heavy atom. The van der Waals surface area contributed by atoms with Crippen molar-refractivity contribution in [1.29, 1.82) is 0 Å². The first-order chi connectivity index (χ1) is 7.43. The maximum Gasteiger partial charge on any atom is 0.0984 e. The first-order valence-electron chi connectivity index (χ1n) is 5.73. The molecule has 1 heterocycles. The molecule has 3 rings (SSSR count). The van der Waals surface area contributed by atoms with E-state index >= 15 is 0 Å². The lowest BCUT2D eigenvalue weighted by atomic mass is 9.95. The van der Waals surface area contributed by atoms with Crippen molar-refractivity contribution in [3.8, 4) is 0 Å². The molecule has 0 spiro atoms. The number of fused-ring (bicyclic) bond motifs is 1. The van der Waals surface area contributed by atoms with Crippen LogP contribution in [0.25, 0.3) is 0 Å². The molecule has 0 bridgehead atoms. The SMILES string of the molecule is c1ccc(C2=N[C@@H]3CCCC[C@@H]3S2)cc1. The molecule has 1 aromatic carbocycles. The summed E-state index contributed by atoms with van der Waals surface area (Å²) in [6, 6.07) is 11.2. The summed E-state index contributed by atoms with van der Waals surface area (Å²) < 4.78 is 0. The van der Waals surface area contributed by atoms with Gasteiger partial charge in [-0.2, -0.15) is 0 Å². The van der Waals surface area contributed by atoms with E-state index in [2.05, 4.69) is 30.3 Å². The van der Waals surface area contributed by atoms with Gasteiger partial charge < -0.3 is 0 Å². The summed E-state index contributed by atoms with van der Waals surface area (Å²) in [5, 5.41) is 2.04. The fraction of sp³-hybridized carbons (Fsp3) is 0.462. The summed E-state index contributed by atoms with van der Waals surface area (Å²) in [6.07, 6.45) is 5.42. The molecule has 1 saturated carbocycles. The second-order valence-corrected chi connectivity index (χ2v) is 5.54. The second kappa shape index (κ2) is 4.01. The van der Waals surface area contributed by atoms with Crippen LogP contribution >= 0.6 is 11.8 Å². The van der Waals surface area contributed by atoms with E-state index < -0.39 is 0 Å². The molecule has 2 heteroatoms. The first kappa shape index (κ1) is 9.46. The molecule has 0 amide bonds. The van der Waals surface area contributed by atoms with Crippen molar-refractivity contribution < 1.29 is 0 Å². The number of aliphatic imine (C=N–C) groups is 1. The highest BCUT2D eigenvalue weighted by Crippen LogP contribution is 2.38. The zero-order chi connectivity index (χ0) is 10.1. The lowest BCUT2D eigenvalue weighted by Crippen LogP contribution is -2.21. The van der Waals surface area contributed by atoms with E-state index in [4.69, 9.17) is 4.99 Å². The van der Waals surface area contributed by atoms with Crippen LogP contribution in [0.1, 0.15) is 31.2 Å². The van der Waals surface area contributed by atoms with Crippen LogP contribution in [0.2, 0.25) is 0 Å². The Labute approximate surface area is 95.0 Å². The molecule has 0 radical (unpaired) electrons. The Hall–Kier alpha value is -0.760. The molecule has 0 N–H and O–H groups in total. The average molecular weight is 217 g/mol. The average Bonchev–Trinajstić information content (AvgIpc) is 2.74. The minimum absolute atomic E-state index is 0.610. The van der Waals surface area contributed by atoms with Gasteiger partial charge in [-0.05, 0) is 12.8 Å². The van der Waals surface area contributed by atoms with E-state index in [1.807, 2.05) is 11.8 Å². The number of rotatable bonds is 1. The van der Waals surface area contributed by atoms with Crippen molar-refractivity contribution in [3.05, 3.63) is 35.9 Å². The quantitative estimate of drug-likeness (QED) is 0.701. The first-order valence-corrected chi connectivity index (χ1v) is 6.61. The largest absolute Gasteiger partial charge is 0.273 e. The van der Waals surface area contributed by atoms with E-state index in [9.17, 15) is 0 Å². The maximum absolute atomic E-state index is 4.86. The van der Waals surface area contributed by atoms with Crippen LogP contribution in [0.3, 0.4) is 0 Å². The molecule has 1 aliphatic carbocycles. The summed E-state index contributed by atoms with van der Waals surface area (Å²) in [5.74, 6) is 0. The van der Waals surface area contributed by atoms with Gasteiger partial charge in [0.25, 0.3) is 0 Å². The second-order valence-electron chi connectivity index (χ2n) is 4.31. The van der Waals surface area contributed by atoms with Crippen molar-refractivity contribution >= 4 is 16.8 Å². The van der Waals surface area contributed by atoms with E-state index in [1.54, 1.807) is 0 Å². The highest BCUT2D eigenvalue weighted by molar-refractivity contribution is 8.15. The summed E-state index contributed by atoms with van der Waals surface area (Å²) in [6.45, 7) is 0. The standard InChI is InChI=1S/C13H15NS/c1-2-6-10(7-3-1)13-14-11-8-4-5-9-12(11)15-13/h1-3,6-7,11-12H,4-5,8-9H2/t11-,12+/m1/s1.